The van der Waals surface area contributed by atoms with Crippen LogP contribution in [0.1, 0.15) is 23.6 Å². The van der Waals surface area contributed by atoms with E-state index in [9.17, 15) is 9.59 Å². The highest BCUT2D eigenvalue weighted by Gasteiger charge is 2.09. The van der Waals surface area contributed by atoms with E-state index < -0.39 is 11.8 Å². The summed E-state index contributed by atoms with van der Waals surface area (Å²) in [6.07, 6.45) is 0.889. The first-order valence-corrected chi connectivity index (χ1v) is 8.48. The summed E-state index contributed by atoms with van der Waals surface area (Å²) in [4.78, 5) is 23.6. The molecule has 138 valence electrons. The summed E-state index contributed by atoms with van der Waals surface area (Å²) in [7, 11) is 0. The van der Waals surface area contributed by atoms with Crippen molar-refractivity contribution in [2.75, 3.05) is 13.2 Å². The molecule has 0 saturated carbocycles. The van der Waals surface area contributed by atoms with E-state index in [0.717, 1.165) is 23.1 Å². The Morgan fingerprint density at radius 3 is 2.08 bits per heavy atom. The minimum atomic E-state index is -0.452. The van der Waals surface area contributed by atoms with Gasteiger partial charge in [0.25, 0.3) is 11.8 Å². The first kappa shape index (κ1) is 19.3. The first-order valence-electron chi connectivity index (χ1n) is 8.48. The topological polar surface area (TPSA) is 76.7 Å². The van der Waals surface area contributed by atoms with Gasteiger partial charge >= 0.3 is 0 Å². The molecule has 0 aliphatic rings. The van der Waals surface area contributed by atoms with Crippen molar-refractivity contribution in [1.29, 1.82) is 0 Å². The number of benzene rings is 2. The summed E-state index contributed by atoms with van der Waals surface area (Å²) in [6.45, 7) is 5.48. The second kappa shape index (κ2) is 9.46. The Morgan fingerprint density at radius 2 is 1.46 bits per heavy atom. The molecule has 0 fully saturated rings. The highest BCUT2D eigenvalue weighted by atomic mass is 16.5. The largest absolute Gasteiger partial charge is 0.484 e. The molecule has 6 heteroatoms. The summed E-state index contributed by atoms with van der Waals surface area (Å²) in [6, 6.07) is 13.3. The zero-order valence-electron chi connectivity index (χ0n) is 15.3. The number of rotatable bonds is 7. The van der Waals surface area contributed by atoms with Crippen LogP contribution in [0.2, 0.25) is 0 Å². The van der Waals surface area contributed by atoms with Crippen molar-refractivity contribution >= 4 is 11.8 Å². The molecule has 2 N–H and O–H groups in total. The van der Waals surface area contributed by atoms with Crippen LogP contribution in [0.15, 0.2) is 42.5 Å². The van der Waals surface area contributed by atoms with Gasteiger partial charge in [-0.1, -0.05) is 37.3 Å². The van der Waals surface area contributed by atoms with Crippen molar-refractivity contribution < 1.29 is 19.1 Å². The van der Waals surface area contributed by atoms with Crippen molar-refractivity contribution in [3.05, 3.63) is 59.2 Å². The van der Waals surface area contributed by atoms with Crippen LogP contribution in [-0.2, 0) is 16.0 Å². The lowest BCUT2D eigenvalue weighted by molar-refractivity contribution is -0.131. The maximum absolute atomic E-state index is 11.8. The number of ether oxygens (including phenoxy) is 2. The smallest absolute Gasteiger partial charge is 0.276 e. The van der Waals surface area contributed by atoms with Gasteiger partial charge in [-0.05, 0) is 49.1 Å². The Morgan fingerprint density at radius 1 is 0.885 bits per heavy atom. The van der Waals surface area contributed by atoms with Crippen molar-refractivity contribution in [2.45, 2.75) is 27.2 Å². The van der Waals surface area contributed by atoms with Gasteiger partial charge in [-0.15, -0.1) is 0 Å². The molecule has 0 aromatic heterocycles. The molecule has 0 radical (unpaired) electrons. The lowest BCUT2D eigenvalue weighted by Gasteiger charge is -2.12. The lowest BCUT2D eigenvalue weighted by Crippen LogP contribution is -2.45. The van der Waals surface area contributed by atoms with E-state index in [-0.39, 0.29) is 13.2 Å². The number of carbonyl (C=O) groups is 2. The minimum absolute atomic E-state index is 0.189. The number of carbonyl (C=O) groups excluding carboxylic acids is 2. The fourth-order valence-electron chi connectivity index (χ4n) is 2.38. The minimum Gasteiger partial charge on any atom is -0.484 e. The fraction of sp³-hybridized carbons (Fsp3) is 0.300. The van der Waals surface area contributed by atoms with E-state index >= 15 is 0 Å². The van der Waals surface area contributed by atoms with Crippen LogP contribution >= 0.6 is 0 Å². The first-order chi connectivity index (χ1) is 12.5. The molecule has 0 atom stereocenters. The van der Waals surface area contributed by atoms with E-state index in [0.29, 0.717) is 11.5 Å². The molecule has 0 heterocycles. The highest BCUT2D eigenvalue weighted by Crippen LogP contribution is 2.21. The Kier molecular flexibility index (Phi) is 7.02. The van der Waals surface area contributed by atoms with Crippen molar-refractivity contribution in [3.8, 4) is 11.5 Å². The molecule has 26 heavy (non-hydrogen) atoms. The van der Waals surface area contributed by atoms with Crippen LogP contribution in [0.3, 0.4) is 0 Å². The maximum Gasteiger partial charge on any atom is 0.276 e. The van der Waals surface area contributed by atoms with Gasteiger partial charge < -0.3 is 9.47 Å². The molecule has 0 spiro atoms. The van der Waals surface area contributed by atoms with Crippen LogP contribution in [0, 0.1) is 13.8 Å². The number of amides is 2. The average Bonchev–Trinajstić information content (AvgIpc) is 2.64. The number of hydrogen-bond donors (Lipinski definition) is 2. The van der Waals surface area contributed by atoms with Gasteiger partial charge in [-0.25, -0.2) is 0 Å². The Hall–Kier alpha value is -3.02. The second-order valence-electron chi connectivity index (χ2n) is 5.90. The van der Waals surface area contributed by atoms with Gasteiger partial charge in [0, 0.05) is 0 Å². The predicted octanol–water partition coefficient (Wildman–Crippen LogP) is 2.47. The van der Waals surface area contributed by atoms with Gasteiger partial charge in [0.2, 0.25) is 0 Å². The molecule has 6 nitrogen and oxygen atoms in total. The Balaban J connectivity index is 1.72. The predicted molar refractivity (Wildman–Crippen MR) is 99.0 cm³/mol. The molecule has 0 bridgehead atoms. The van der Waals surface area contributed by atoms with Crippen molar-refractivity contribution in [2.24, 2.45) is 0 Å². The van der Waals surface area contributed by atoms with E-state index in [1.54, 1.807) is 6.07 Å². The van der Waals surface area contributed by atoms with Crippen LogP contribution in [0.4, 0.5) is 0 Å². The zero-order valence-corrected chi connectivity index (χ0v) is 15.3. The highest BCUT2D eigenvalue weighted by molar-refractivity contribution is 5.83. The monoisotopic (exact) mass is 356 g/mol. The quantitative estimate of drug-likeness (QED) is 0.747. The second-order valence-corrected chi connectivity index (χ2v) is 5.90. The summed E-state index contributed by atoms with van der Waals surface area (Å²) >= 11 is 0. The lowest BCUT2D eigenvalue weighted by atomic mass is 10.1. The van der Waals surface area contributed by atoms with Gasteiger partial charge in [0.1, 0.15) is 11.5 Å². The van der Waals surface area contributed by atoms with Gasteiger partial charge in [0.15, 0.2) is 13.2 Å². The van der Waals surface area contributed by atoms with Gasteiger partial charge in [-0.2, -0.15) is 0 Å². The maximum atomic E-state index is 11.8. The number of para-hydroxylation sites is 1. The third-order valence-corrected chi connectivity index (χ3v) is 3.77. The average molecular weight is 356 g/mol. The van der Waals surface area contributed by atoms with Crippen LogP contribution < -0.4 is 20.3 Å². The molecule has 0 aliphatic carbocycles. The van der Waals surface area contributed by atoms with Crippen molar-refractivity contribution in [3.63, 3.8) is 0 Å². The molecule has 2 aromatic carbocycles. The zero-order chi connectivity index (χ0) is 18.9. The SMILES string of the molecule is CCc1cccc(OCC(=O)NNC(=O)COc2c(C)cccc2C)c1. The molecule has 0 aliphatic heterocycles. The molecule has 0 saturated heterocycles. The number of aryl methyl sites for hydroxylation is 3. The number of hydrazine groups is 1. The number of hydrogen-bond acceptors (Lipinski definition) is 4. The third kappa shape index (κ3) is 5.81. The van der Waals surface area contributed by atoms with Gasteiger partial charge in [0.05, 0.1) is 0 Å². The molecular formula is C20H24N2O4. The normalized spacial score (nSPS) is 10.1. The summed E-state index contributed by atoms with van der Waals surface area (Å²) in [5.74, 6) is 0.388. The fourth-order valence-corrected chi connectivity index (χ4v) is 2.38. The molecular weight excluding hydrogens is 332 g/mol. The molecule has 2 rings (SSSR count). The third-order valence-electron chi connectivity index (χ3n) is 3.77. The molecule has 2 aromatic rings. The van der Waals surface area contributed by atoms with Crippen LogP contribution in [0.25, 0.3) is 0 Å². The van der Waals surface area contributed by atoms with Crippen LogP contribution in [0.5, 0.6) is 11.5 Å². The summed E-state index contributed by atoms with van der Waals surface area (Å²) < 4.78 is 10.9. The number of nitrogens with one attached hydrogen (secondary N) is 2. The van der Waals surface area contributed by atoms with Crippen LogP contribution in [-0.4, -0.2) is 25.0 Å². The Labute approximate surface area is 153 Å². The molecule has 0 unspecified atom stereocenters. The standard InChI is InChI=1S/C20H24N2O4/c1-4-16-9-6-10-17(11-16)25-12-18(23)21-22-19(24)13-26-20-14(2)7-5-8-15(20)3/h5-11H,4,12-13H2,1-3H3,(H,21,23)(H,22,24). The van der Waals surface area contributed by atoms with E-state index in [4.69, 9.17) is 9.47 Å². The van der Waals surface area contributed by atoms with Gasteiger partial charge in [-0.3, -0.25) is 20.4 Å². The van der Waals surface area contributed by atoms with E-state index in [1.165, 1.54) is 0 Å². The van der Waals surface area contributed by atoms with E-state index in [1.807, 2.05) is 57.2 Å². The van der Waals surface area contributed by atoms with E-state index in [2.05, 4.69) is 10.9 Å². The summed E-state index contributed by atoms with van der Waals surface area (Å²) in [5.41, 5.74) is 7.63. The summed E-state index contributed by atoms with van der Waals surface area (Å²) in [5, 5.41) is 0. The Bertz CT molecular complexity index is 754. The molecule has 2 amide bonds. The van der Waals surface area contributed by atoms with Crippen molar-refractivity contribution in [1.82, 2.24) is 10.9 Å².